The second-order valence-corrected chi connectivity index (χ2v) is 6.93. The number of likely N-dealkylation sites (tertiary alicyclic amines) is 2. The molecule has 0 aliphatic carbocycles. The molecule has 3 rings (SSSR count). The van der Waals surface area contributed by atoms with Gasteiger partial charge in [-0.25, -0.2) is 0 Å². The maximum absolute atomic E-state index is 12.0. The Morgan fingerprint density at radius 1 is 1.09 bits per heavy atom. The predicted octanol–water partition coefficient (Wildman–Crippen LogP) is 2.68. The van der Waals surface area contributed by atoms with E-state index in [0.29, 0.717) is 6.42 Å². The van der Waals surface area contributed by atoms with Crippen LogP contribution in [0.15, 0.2) is 30.3 Å². The van der Waals surface area contributed by atoms with Crippen LogP contribution in [-0.4, -0.2) is 54.6 Å². The van der Waals surface area contributed by atoms with Crippen molar-refractivity contribution in [3.63, 3.8) is 0 Å². The van der Waals surface area contributed by atoms with Crippen LogP contribution in [-0.2, 0) is 16.1 Å². The average Bonchev–Trinajstić information content (AvgIpc) is 3.13. The van der Waals surface area contributed by atoms with Gasteiger partial charge in [-0.2, -0.15) is 0 Å². The molecule has 0 aromatic heterocycles. The number of carbonyl (C=O) groups excluding carboxylic acids is 1. The van der Waals surface area contributed by atoms with Gasteiger partial charge in [0, 0.05) is 25.2 Å². The number of hydrogen-bond donors (Lipinski definition) is 0. The predicted molar refractivity (Wildman–Crippen MR) is 91.1 cm³/mol. The van der Waals surface area contributed by atoms with Gasteiger partial charge in [-0.3, -0.25) is 14.6 Å². The summed E-state index contributed by atoms with van der Waals surface area (Å²) in [6.07, 6.45) is 5.19. The molecule has 2 heterocycles. The van der Waals surface area contributed by atoms with E-state index in [1.54, 1.807) is 0 Å². The van der Waals surface area contributed by atoms with Crippen LogP contribution in [0.5, 0.6) is 0 Å². The molecule has 0 N–H and O–H groups in total. The fourth-order valence-corrected chi connectivity index (χ4v) is 4.11. The fraction of sp³-hybridized carbons (Fsp3) is 0.632. The van der Waals surface area contributed by atoms with E-state index in [1.807, 2.05) is 0 Å². The Labute approximate surface area is 139 Å². The molecule has 1 aromatic carbocycles. The van der Waals surface area contributed by atoms with Crippen molar-refractivity contribution in [3.05, 3.63) is 35.9 Å². The van der Waals surface area contributed by atoms with Gasteiger partial charge in [-0.05, 0) is 44.3 Å². The molecule has 2 fully saturated rings. The summed E-state index contributed by atoms with van der Waals surface area (Å²) in [7, 11) is 1.50. The minimum absolute atomic E-state index is 0.0246. The Hall–Kier alpha value is -1.39. The molecule has 23 heavy (non-hydrogen) atoms. The third-order valence-corrected chi connectivity index (χ3v) is 5.51. The van der Waals surface area contributed by atoms with Crippen molar-refractivity contribution < 1.29 is 9.53 Å². The molecule has 2 aliphatic rings. The molecule has 0 radical (unpaired) electrons. The van der Waals surface area contributed by atoms with Gasteiger partial charge in [-0.15, -0.1) is 0 Å². The monoisotopic (exact) mass is 316 g/mol. The first kappa shape index (κ1) is 16.5. The summed E-state index contributed by atoms with van der Waals surface area (Å²) < 4.78 is 4.98. The van der Waals surface area contributed by atoms with Crippen molar-refractivity contribution >= 4 is 5.97 Å². The van der Waals surface area contributed by atoms with Gasteiger partial charge in [0.15, 0.2) is 0 Å². The smallest absolute Gasteiger partial charge is 0.307 e. The number of piperidine rings is 1. The molecular formula is C19H28N2O2. The molecule has 4 nitrogen and oxygen atoms in total. The average molecular weight is 316 g/mol. The van der Waals surface area contributed by atoms with E-state index in [0.717, 1.165) is 45.6 Å². The molecule has 0 unspecified atom stereocenters. The largest absolute Gasteiger partial charge is 0.469 e. The van der Waals surface area contributed by atoms with Crippen LogP contribution in [0.3, 0.4) is 0 Å². The van der Waals surface area contributed by atoms with E-state index in [9.17, 15) is 4.79 Å². The second kappa shape index (κ2) is 7.45. The molecule has 2 saturated heterocycles. The molecule has 0 spiro atoms. The van der Waals surface area contributed by atoms with Gasteiger partial charge in [0.1, 0.15) is 0 Å². The molecule has 1 aromatic rings. The van der Waals surface area contributed by atoms with Crippen molar-refractivity contribution in [2.75, 3.05) is 33.3 Å². The van der Waals surface area contributed by atoms with E-state index < -0.39 is 0 Å². The highest BCUT2D eigenvalue weighted by Crippen LogP contribution is 2.35. The Morgan fingerprint density at radius 2 is 1.74 bits per heavy atom. The number of esters is 1. The van der Waals surface area contributed by atoms with Gasteiger partial charge < -0.3 is 4.74 Å². The molecule has 0 saturated carbocycles. The lowest BCUT2D eigenvalue weighted by molar-refractivity contribution is -0.145. The summed E-state index contributed by atoms with van der Waals surface area (Å²) in [4.78, 5) is 17.0. The number of carbonyl (C=O) groups is 1. The zero-order chi connectivity index (χ0) is 16.1. The number of benzene rings is 1. The van der Waals surface area contributed by atoms with Crippen molar-refractivity contribution in [1.82, 2.24) is 9.80 Å². The molecule has 126 valence electrons. The van der Waals surface area contributed by atoms with Crippen LogP contribution in [0.2, 0.25) is 0 Å². The molecule has 0 atom stereocenters. The minimum atomic E-state index is -0.0617. The summed E-state index contributed by atoms with van der Waals surface area (Å²) in [6, 6.07) is 10.7. The summed E-state index contributed by atoms with van der Waals surface area (Å²) in [5.41, 5.74) is 1.39. The van der Waals surface area contributed by atoms with Gasteiger partial charge in [0.25, 0.3) is 0 Å². The van der Waals surface area contributed by atoms with Crippen LogP contribution < -0.4 is 0 Å². The minimum Gasteiger partial charge on any atom is -0.469 e. The number of ether oxygens (including phenoxy) is 1. The molecule has 2 aliphatic heterocycles. The third kappa shape index (κ3) is 3.93. The Morgan fingerprint density at radius 3 is 2.35 bits per heavy atom. The van der Waals surface area contributed by atoms with E-state index >= 15 is 0 Å². The van der Waals surface area contributed by atoms with Gasteiger partial charge in [-0.1, -0.05) is 30.3 Å². The topological polar surface area (TPSA) is 32.8 Å². The molecular weight excluding hydrogens is 288 g/mol. The summed E-state index contributed by atoms with van der Waals surface area (Å²) in [5.74, 6) is -0.0617. The summed E-state index contributed by atoms with van der Waals surface area (Å²) >= 11 is 0. The van der Waals surface area contributed by atoms with Crippen molar-refractivity contribution in [2.45, 2.75) is 44.2 Å². The Kier molecular flexibility index (Phi) is 5.34. The quantitative estimate of drug-likeness (QED) is 0.782. The van der Waals surface area contributed by atoms with E-state index in [1.165, 1.54) is 25.5 Å². The first-order chi connectivity index (χ1) is 11.2. The van der Waals surface area contributed by atoms with Crippen molar-refractivity contribution in [1.29, 1.82) is 0 Å². The van der Waals surface area contributed by atoms with Crippen LogP contribution in [0.4, 0.5) is 0 Å². The lowest BCUT2D eigenvalue weighted by Crippen LogP contribution is -2.55. The van der Waals surface area contributed by atoms with Crippen LogP contribution >= 0.6 is 0 Å². The number of methoxy groups -OCH3 is 1. The van der Waals surface area contributed by atoms with Crippen LogP contribution in [0, 0.1) is 0 Å². The summed E-state index contributed by atoms with van der Waals surface area (Å²) in [6.45, 7) is 5.39. The van der Waals surface area contributed by atoms with Crippen molar-refractivity contribution in [3.8, 4) is 0 Å². The Bertz CT molecular complexity index is 503. The van der Waals surface area contributed by atoms with E-state index in [-0.39, 0.29) is 11.5 Å². The lowest BCUT2D eigenvalue weighted by Gasteiger charge is -2.47. The standard InChI is InChI=1S/C19H28N2O2/c1-23-18(22)15-19(21-11-5-6-12-21)9-13-20(14-10-19)16-17-7-3-2-4-8-17/h2-4,7-8H,5-6,9-16H2,1H3. The first-order valence-electron chi connectivity index (χ1n) is 8.80. The van der Waals surface area contributed by atoms with E-state index in [2.05, 4.69) is 40.1 Å². The van der Waals surface area contributed by atoms with Gasteiger partial charge in [0.05, 0.1) is 13.5 Å². The normalized spacial score (nSPS) is 22.1. The fourth-order valence-electron chi connectivity index (χ4n) is 4.11. The van der Waals surface area contributed by atoms with Crippen LogP contribution in [0.25, 0.3) is 0 Å². The lowest BCUT2D eigenvalue weighted by atomic mass is 9.82. The van der Waals surface area contributed by atoms with E-state index in [4.69, 9.17) is 4.74 Å². The molecule has 4 heteroatoms. The maximum Gasteiger partial charge on any atom is 0.307 e. The molecule has 0 amide bonds. The van der Waals surface area contributed by atoms with Gasteiger partial charge in [0.2, 0.25) is 0 Å². The van der Waals surface area contributed by atoms with Crippen LogP contribution in [0.1, 0.15) is 37.7 Å². The highest BCUT2D eigenvalue weighted by molar-refractivity contribution is 5.70. The number of nitrogens with zero attached hydrogens (tertiary/aromatic N) is 2. The summed E-state index contributed by atoms with van der Waals surface area (Å²) in [5, 5.41) is 0. The molecule has 0 bridgehead atoms. The zero-order valence-corrected chi connectivity index (χ0v) is 14.2. The third-order valence-electron chi connectivity index (χ3n) is 5.51. The number of rotatable bonds is 5. The number of hydrogen-bond acceptors (Lipinski definition) is 4. The second-order valence-electron chi connectivity index (χ2n) is 6.93. The highest BCUT2D eigenvalue weighted by atomic mass is 16.5. The zero-order valence-electron chi connectivity index (χ0n) is 14.2. The van der Waals surface area contributed by atoms with Crippen molar-refractivity contribution in [2.24, 2.45) is 0 Å². The highest BCUT2D eigenvalue weighted by Gasteiger charge is 2.42. The SMILES string of the molecule is COC(=O)CC1(N2CCCC2)CCN(Cc2ccccc2)CC1. The first-order valence-corrected chi connectivity index (χ1v) is 8.80. The Balaban J connectivity index is 1.63. The van der Waals surface area contributed by atoms with Gasteiger partial charge >= 0.3 is 5.97 Å². The maximum atomic E-state index is 12.0.